The number of carbonyl (C=O) groups is 2. The number of aromatic nitrogens is 2. The first-order chi connectivity index (χ1) is 18.7. The summed E-state index contributed by atoms with van der Waals surface area (Å²) in [7, 11) is 3.34. The summed E-state index contributed by atoms with van der Waals surface area (Å²) in [5, 5.41) is 14.5. The van der Waals surface area contributed by atoms with Crippen LogP contribution in [0, 0.1) is 3.57 Å². The molecule has 3 N–H and O–H groups in total. The first-order valence-electron chi connectivity index (χ1n) is 12.6. The van der Waals surface area contributed by atoms with Crippen LogP contribution in [0.25, 0.3) is 11.0 Å². The van der Waals surface area contributed by atoms with Gasteiger partial charge in [0, 0.05) is 23.6 Å². The van der Waals surface area contributed by atoms with Gasteiger partial charge in [-0.3, -0.25) is 9.69 Å². The summed E-state index contributed by atoms with van der Waals surface area (Å²) in [5.74, 6) is 0.812. The van der Waals surface area contributed by atoms with Crippen LogP contribution >= 0.6 is 22.6 Å². The molecule has 1 saturated heterocycles. The number of hydrogen-bond donors (Lipinski definition) is 3. The number of carbonyl (C=O) groups excluding carboxylic acids is 2. The van der Waals surface area contributed by atoms with Crippen molar-refractivity contribution in [2.45, 2.75) is 31.2 Å². The molecule has 3 amide bonds. The minimum absolute atomic E-state index is 0.0709. The average Bonchev–Trinajstić information content (AvgIpc) is 3.48. The number of aromatic amines is 1. The van der Waals surface area contributed by atoms with Crippen molar-refractivity contribution in [3.05, 3.63) is 93.3 Å². The number of halogens is 1. The molecule has 1 aliphatic rings. The Morgan fingerprint density at radius 3 is 2.54 bits per heavy atom. The SMILES string of the molecule is C[C@@H](c1ccccc1)[C@@H](c1nc2ccc(I)cc2[nH]1)N1C(=O)N[C@H](c2ccc(OCC(=O)N(C)C)cc2)[C@H]1O. The third-order valence-corrected chi connectivity index (χ3v) is 7.71. The Kier molecular flexibility index (Phi) is 7.76. The Morgan fingerprint density at radius 1 is 1.13 bits per heavy atom. The number of nitrogens with one attached hydrogen (secondary N) is 2. The molecule has 10 heteroatoms. The summed E-state index contributed by atoms with van der Waals surface area (Å²) in [6.07, 6.45) is -1.15. The number of amides is 3. The van der Waals surface area contributed by atoms with Crippen LogP contribution in [0.1, 0.15) is 41.9 Å². The number of aliphatic hydroxyl groups is 1. The molecule has 0 saturated carbocycles. The molecule has 5 rings (SSSR count). The zero-order valence-corrected chi connectivity index (χ0v) is 24.0. The van der Waals surface area contributed by atoms with E-state index in [9.17, 15) is 14.7 Å². The molecule has 2 heterocycles. The molecule has 1 fully saturated rings. The van der Waals surface area contributed by atoms with Crippen LogP contribution in [0.3, 0.4) is 0 Å². The number of aliphatic hydroxyl groups excluding tert-OH is 1. The second kappa shape index (κ2) is 11.2. The average molecular weight is 639 g/mol. The molecule has 4 atom stereocenters. The highest BCUT2D eigenvalue weighted by Gasteiger charge is 2.46. The fourth-order valence-electron chi connectivity index (χ4n) is 4.84. The van der Waals surface area contributed by atoms with Gasteiger partial charge < -0.3 is 25.0 Å². The van der Waals surface area contributed by atoms with Crippen molar-refractivity contribution >= 4 is 45.6 Å². The van der Waals surface area contributed by atoms with E-state index < -0.39 is 18.3 Å². The van der Waals surface area contributed by atoms with E-state index >= 15 is 0 Å². The zero-order valence-electron chi connectivity index (χ0n) is 21.8. The van der Waals surface area contributed by atoms with E-state index in [0.717, 1.165) is 25.7 Å². The van der Waals surface area contributed by atoms with Crippen LogP contribution < -0.4 is 10.1 Å². The van der Waals surface area contributed by atoms with Crippen molar-refractivity contribution in [1.29, 1.82) is 0 Å². The lowest BCUT2D eigenvalue weighted by Gasteiger charge is -2.33. The first kappa shape index (κ1) is 26.9. The molecular weight excluding hydrogens is 609 g/mol. The third-order valence-electron chi connectivity index (χ3n) is 7.04. The van der Waals surface area contributed by atoms with Gasteiger partial charge in [-0.2, -0.15) is 0 Å². The lowest BCUT2D eigenvalue weighted by atomic mass is 9.91. The van der Waals surface area contributed by atoms with Crippen molar-refractivity contribution in [3.63, 3.8) is 0 Å². The maximum atomic E-state index is 13.4. The second-order valence-electron chi connectivity index (χ2n) is 9.82. The molecule has 0 bridgehead atoms. The Balaban J connectivity index is 1.44. The molecule has 39 heavy (non-hydrogen) atoms. The maximum Gasteiger partial charge on any atom is 0.320 e. The number of urea groups is 1. The minimum atomic E-state index is -1.15. The fraction of sp³-hybridized carbons (Fsp3) is 0.276. The van der Waals surface area contributed by atoms with Crippen LogP contribution in [-0.2, 0) is 4.79 Å². The molecule has 202 valence electrons. The van der Waals surface area contributed by atoms with E-state index in [1.165, 1.54) is 9.80 Å². The molecular formula is C29H30IN5O4. The highest BCUT2D eigenvalue weighted by atomic mass is 127. The lowest BCUT2D eigenvalue weighted by molar-refractivity contribution is -0.130. The minimum Gasteiger partial charge on any atom is -0.484 e. The smallest absolute Gasteiger partial charge is 0.320 e. The van der Waals surface area contributed by atoms with Crippen molar-refractivity contribution in [2.24, 2.45) is 0 Å². The summed E-state index contributed by atoms with van der Waals surface area (Å²) in [4.78, 5) is 36.4. The van der Waals surface area contributed by atoms with Crippen LogP contribution in [0.4, 0.5) is 4.79 Å². The van der Waals surface area contributed by atoms with Crippen LogP contribution in [-0.4, -0.2) is 63.7 Å². The van der Waals surface area contributed by atoms with E-state index in [-0.39, 0.29) is 24.5 Å². The Bertz CT molecular complexity index is 1470. The number of H-pyrrole nitrogens is 1. The van der Waals surface area contributed by atoms with Gasteiger partial charge in [0.25, 0.3) is 5.91 Å². The van der Waals surface area contributed by atoms with Gasteiger partial charge in [0.05, 0.1) is 11.0 Å². The fourth-order valence-corrected chi connectivity index (χ4v) is 5.34. The molecule has 4 aromatic rings. The van der Waals surface area contributed by atoms with Crippen molar-refractivity contribution in [2.75, 3.05) is 20.7 Å². The molecule has 1 aliphatic heterocycles. The molecule has 9 nitrogen and oxygen atoms in total. The van der Waals surface area contributed by atoms with Gasteiger partial charge in [0.2, 0.25) is 0 Å². The summed E-state index contributed by atoms with van der Waals surface area (Å²) < 4.78 is 6.64. The van der Waals surface area contributed by atoms with E-state index in [4.69, 9.17) is 9.72 Å². The first-order valence-corrected chi connectivity index (χ1v) is 13.7. The predicted molar refractivity (Wildman–Crippen MR) is 156 cm³/mol. The number of ether oxygens (including phenoxy) is 1. The van der Waals surface area contributed by atoms with Gasteiger partial charge >= 0.3 is 6.03 Å². The summed E-state index contributed by atoms with van der Waals surface area (Å²) in [6.45, 7) is 1.96. The van der Waals surface area contributed by atoms with Gasteiger partial charge in [0.15, 0.2) is 12.8 Å². The molecule has 3 aromatic carbocycles. The van der Waals surface area contributed by atoms with Gasteiger partial charge in [0.1, 0.15) is 23.7 Å². The third kappa shape index (κ3) is 5.57. The van der Waals surface area contributed by atoms with Crippen LogP contribution in [0.15, 0.2) is 72.8 Å². The highest BCUT2D eigenvalue weighted by molar-refractivity contribution is 14.1. The number of hydrogen-bond acceptors (Lipinski definition) is 5. The van der Waals surface area contributed by atoms with Gasteiger partial charge in [-0.25, -0.2) is 9.78 Å². The predicted octanol–water partition coefficient (Wildman–Crippen LogP) is 4.56. The van der Waals surface area contributed by atoms with Crippen LogP contribution in [0.5, 0.6) is 5.75 Å². The van der Waals surface area contributed by atoms with Gasteiger partial charge in [-0.1, -0.05) is 49.4 Å². The number of benzene rings is 3. The van der Waals surface area contributed by atoms with E-state index in [2.05, 4.69) is 32.9 Å². The number of rotatable bonds is 8. The van der Waals surface area contributed by atoms with Gasteiger partial charge in [-0.05, 0) is 64.0 Å². The van der Waals surface area contributed by atoms with Crippen molar-refractivity contribution in [3.8, 4) is 5.75 Å². The monoisotopic (exact) mass is 639 g/mol. The summed E-state index contributed by atoms with van der Waals surface area (Å²) in [5.41, 5.74) is 3.41. The number of likely N-dealkylation sites (N-methyl/N-ethyl adjacent to an activating group) is 1. The molecule has 1 aromatic heterocycles. The van der Waals surface area contributed by atoms with E-state index in [1.54, 1.807) is 38.4 Å². The number of fused-ring (bicyclic) bond motifs is 1. The molecule has 0 unspecified atom stereocenters. The quantitative estimate of drug-likeness (QED) is 0.245. The molecule has 0 radical (unpaired) electrons. The normalized spacial score (nSPS) is 18.6. The maximum absolute atomic E-state index is 13.4. The Morgan fingerprint density at radius 2 is 1.85 bits per heavy atom. The Labute approximate surface area is 240 Å². The summed E-state index contributed by atoms with van der Waals surface area (Å²) in [6, 6.07) is 21.3. The van der Waals surface area contributed by atoms with Crippen molar-refractivity contribution in [1.82, 2.24) is 25.1 Å². The lowest BCUT2D eigenvalue weighted by Crippen LogP contribution is -2.40. The van der Waals surface area contributed by atoms with Gasteiger partial charge in [-0.15, -0.1) is 0 Å². The Hall–Kier alpha value is -3.64. The van der Waals surface area contributed by atoms with E-state index in [0.29, 0.717) is 11.6 Å². The molecule has 0 spiro atoms. The second-order valence-corrected chi connectivity index (χ2v) is 11.1. The standard InChI is InChI=1S/C29H30IN5O4/c1-17(18-7-5-4-6-8-18)26(27-31-22-14-11-20(30)15-23(22)32-27)35-28(37)25(33-29(35)38)19-9-12-21(13-10-19)39-16-24(36)34(2)3/h4-15,17,25-26,28,37H,16H2,1-3H3,(H,31,32)(H,33,38)/t17-,25+,26-,28+/m0/s1. The highest BCUT2D eigenvalue weighted by Crippen LogP contribution is 2.41. The number of nitrogens with zero attached hydrogens (tertiary/aromatic N) is 3. The van der Waals surface area contributed by atoms with Crippen molar-refractivity contribution < 1.29 is 19.4 Å². The van der Waals surface area contributed by atoms with Crippen LogP contribution in [0.2, 0.25) is 0 Å². The topological polar surface area (TPSA) is 111 Å². The molecule has 0 aliphatic carbocycles. The largest absolute Gasteiger partial charge is 0.484 e. The number of imidazole rings is 1. The zero-order chi connectivity index (χ0) is 27.7. The van der Waals surface area contributed by atoms with E-state index in [1.807, 2.05) is 55.5 Å². The summed E-state index contributed by atoms with van der Waals surface area (Å²) >= 11 is 2.25.